The zero-order valence-electron chi connectivity index (χ0n) is 16.1. The Balaban J connectivity index is 1.18. The number of anilines is 1. The van der Waals surface area contributed by atoms with Crippen molar-refractivity contribution in [2.75, 3.05) is 31.1 Å². The summed E-state index contributed by atoms with van der Waals surface area (Å²) < 4.78 is 0. The fraction of sp³-hybridized carbons (Fsp3) is 0.591. The van der Waals surface area contributed by atoms with Crippen LogP contribution in [0.5, 0.6) is 0 Å². The summed E-state index contributed by atoms with van der Waals surface area (Å²) in [5.41, 5.74) is 2.50. The van der Waals surface area contributed by atoms with Crippen molar-refractivity contribution in [1.29, 1.82) is 0 Å². The van der Waals surface area contributed by atoms with Crippen LogP contribution >= 0.6 is 0 Å². The fourth-order valence-corrected chi connectivity index (χ4v) is 4.97. The number of likely N-dealkylation sites (tertiary alicyclic amines) is 1. The van der Waals surface area contributed by atoms with Gasteiger partial charge in [0.2, 0.25) is 0 Å². The molecular formula is C22H29N5. The number of nitrogens with zero attached hydrogens (tertiary/aromatic N) is 5. The van der Waals surface area contributed by atoms with Crippen LogP contribution in [0.2, 0.25) is 0 Å². The van der Waals surface area contributed by atoms with Crippen LogP contribution in [0.1, 0.15) is 44.9 Å². The number of hydrogen-bond donors (Lipinski definition) is 0. The summed E-state index contributed by atoms with van der Waals surface area (Å²) in [6, 6.07) is 4.87. The number of piperidine rings is 2. The molecule has 1 aliphatic carbocycles. The molecule has 0 aromatic carbocycles. The maximum atomic E-state index is 4.69. The SMILES string of the molecule is c1cncc(-c2cnc(N3CCC4(CC3)CCN(C3CCC3)CC4)cn2)c1. The predicted octanol–water partition coefficient (Wildman–Crippen LogP) is 3.77. The Morgan fingerprint density at radius 2 is 1.67 bits per heavy atom. The highest BCUT2D eigenvalue weighted by molar-refractivity contribution is 5.57. The molecule has 142 valence electrons. The molecule has 2 aliphatic heterocycles. The van der Waals surface area contributed by atoms with E-state index in [1.807, 2.05) is 30.7 Å². The monoisotopic (exact) mass is 363 g/mol. The highest BCUT2D eigenvalue weighted by Crippen LogP contribution is 2.43. The van der Waals surface area contributed by atoms with Gasteiger partial charge in [-0.25, -0.2) is 4.98 Å². The van der Waals surface area contributed by atoms with Gasteiger partial charge in [0.05, 0.1) is 18.1 Å². The second kappa shape index (κ2) is 7.19. The van der Waals surface area contributed by atoms with E-state index in [0.29, 0.717) is 5.41 Å². The third-order valence-corrected chi connectivity index (χ3v) is 7.19. The van der Waals surface area contributed by atoms with E-state index in [4.69, 9.17) is 4.98 Å². The van der Waals surface area contributed by atoms with Crippen LogP contribution < -0.4 is 4.90 Å². The quantitative estimate of drug-likeness (QED) is 0.830. The van der Waals surface area contributed by atoms with Gasteiger partial charge in [0, 0.05) is 37.1 Å². The number of hydrogen-bond acceptors (Lipinski definition) is 5. The van der Waals surface area contributed by atoms with E-state index in [2.05, 4.69) is 19.8 Å². The standard InChI is InChI=1S/C22H29N5/c1-4-19(5-1)26-11-6-22(7-12-26)8-13-27(14-9-22)21-17-24-20(16-25-21)18-3-2-10-23-15-18/h2-3,10,15-17,19H,1,4-9,11-14H2. The summed E-state index contributed by atoms with van der Waals surface area (Å²) >= 11 is 0. The summed E-state index contributed by atoms with van der Waals surface area (Å²) in [6.45, 7) is 4.88. The third kappa shape index (κ3) is 3.45. The summed E-state index contributed by atoms with van der Waals surface area (Å²) in [5, 5.41) is 0. The molecule has 2 saturated heterocycles. The van der Waals surface area contributed by atoms with Crippen LogP contribution in [0.15, 0.2) is 36.9 Å². The van der Waals surface area contributed by atoms with Crippen molar-refractivity contribution in [2.45, 2.75) is 51.0 Å². The van der Waals surface area contributed by atoms with Gasteiger partial charge < -0.3 is 9.80 Å². The van der Waals surface area contributed by atoms with E-state index in [9.17, 15) is 0 Å². The van der Waals surface area contributed by atoms with Gasteiger partial charge in [-0.15, -0.1) is 0 Å². The minimum absolute atomic E-state index is 0.583. The Bertz CT molecular complexity index is 738. The molecule has 1 saturated carbocycles. The van der Waals surface area contributed by atoms with Crippen molar-refractivity contribution in [3.8, 4) is 11.3 Å². The molecule has 0 amide bonds. The van der Waals surface area contributed by atoms with Gasteiger partial charge in [0.25, 0.3) is 0 Å². The number of rotatable bonds is 3. The predicted molar refractivity (Wildman–Crippen MR) is 108 cm³/mol. The summed E-state index contributed by atoms with van der Waals surface area (Å²) in [5.74, 6) is 1.02. The van der Waals surface area contributed by atoms with E-state index in [0.717, 1.165) is 36.2 Å². The molecule has 27 heavy (non-hydrogen) atoms. The van der Waals surface area contributed by atoms with Gasteiger partial charge in [-0.1, -0.05) is 6.42 Å². The minimum atomic E-state index is 0.583. The van der Waals surface area contributed by atoms with Crippen LogP contribution in [0.4, 0.5) is 5.82 Å². The van der Waals surface area contributed by atoms with E-state index in [-0.39, 0.29) is 0 Å². The normalized spacial score (nSPS) is 23.3. The van der Waals surface area contributed by atoms with Crippen LogP contribution in [0.25, 0.3) is 11.3 Å². The molecule has 2 aromatic rings. The molecule has 3 aliphatic rings. The first-order valence-electron chi connectivity index (χ1n) is 10.5. The Morgan fingerprint density at radius 3 is 2.26 bits per heavy atom. The number of pyridine rings is 1. The average molecular weight is 364 g/mol. The van der Waals surface area contributed by atoms with Crippen molar-refractivity contribution in [3.63, 3.8) is 0 Å². The van der Waals surface area contributed by atoms with Gasteiger partial charge in [-0.2, -0.15) is 0 Å². The Labute approximate surface area is 161 Å². The van der Waals surface area contributed by atoms with Crippen molar-refractivity contribution in [2.24, 2.45) is 5.41 Å². The lowest BCUT2D eigenvalue weighted by atomic mass is 9.70. The van der Waals surface area contributed by atoms with Crippen molar-refractivity contribution >= 4 is 5.82 Å². The molecule has 0 N–H and O–H groups in total. The molecule has 0 bridgehead atoms. The number of aromatic nitrogens is 3. The molecule has 0 atom stereocenters. The van der Waals surface area contributed by atoms with Crippen LogP contribution in [-0.4, -0.2) is 52.1 Å². The van der Waals surface area contributed by atoms with Gasteiger partial charge in [-0.05, 0) is 69.2 Å². The average Bonchev–Trinajstić information content (AvgIpc) is 2.70. The van der Waals surface area contributed by atoms with E-state index in [1.54, 1.807) is 6.20 Å². The van der Waals surface area contributed by atoms with Crippen LogP contribution in [-0.2, 0) is 0 Å². The Hall–Kier alpha value is -2.01. The summed E-state index contributed by atoms with van der Waals surface area (Å²) in [6.07, 6.45) is 17.1. The molecule has 0 radical (unpaired) electrons. The topological polar surface area (TPSA) is 45.2 Å². The highest BCUT2D eigenvalue weighted by atomic mass is 15.2. The first-order valence-corrected chi connectivity index (χ1v) is 10.5. The smallest absolute Gasteiger partial charge is 0.147 e. The van der Waals surface area contributed by atoms with E-state index < -0.39 is 0 Å². The molecule has 1 spiro atoms. The first-order chi connectivity index (χ1) is 13.3. The van der Waals surface area contributed by atoms with Gasteiger partial charge in [0.1, 0.15) is 5.82 Å². The fourth-order valence-electron chi connectivity index (χ4n) is 4.97. The second-order valence-corrected chi connectivity index (χ2v) is 8.61. The van der Waals surface area contributed by atoms with Crippen LogP contribution in [0, 0.1) is 5.41 Å². The molecule has 2 aromatic heterocycles. The van der Waals surface area contributed by atoms with E-state index >= 15 is 0 Å². The maximum absolute atomic E-state index is 4.69. The van der Waals surface area contributed by atoms with E-state index in [1.165, 1.54) is 58.0 Å². The summed E-state index contributed by atoms with van der Waals surface area (Å²) in [4.78, 5) is 18.7. The van der Waals surface area contributed by atoms with Crippen molar-refractivity contribution in [1.82, 2.24) is 19.9 Å². The Morgan fingerprint density at radius 1 is 0.889 bits per heavy atom. The van der Waals surface area contributed by atoms with Gasteiger partial charge >= 0.3 is 0 Å². The molecule has 5 heteroatoms. The van der Waals surface area contributed by atoms with Gasteiger partial charge in [0.15, 0.2) is 0 Å². The lowest BCUT2D eigenvalue weighted by molar-refractivity contribution is 0.0305. The zero-order valence-corrected chi connectivity index (χ0v) is 16.1. The molecule has 3 fully saturated rings. The third-order valence-electron chi connectivity index (χ3n) is 7.19. The lowest BCUT2D eigenvalue weighted by Crippen LogP contribution is -2.51. The molecule has 5 nitrogen and oxygen atoms in total. The summed E-state index contributed by atoms with van der Waals surface area (Å²) in [7, 11) is 0. The maximum Gasteiger partial charge on any atom is 0.147 e. The Kier molecular flexibility index (Phi) is 4.56. The largest absolute Gasteiger partial charge is 0.355 e. The van der Waals surface area contributed by atoms with Gasteiger partial charge in [-0.3, -0.25) is 9.97 Å². The first kappa shape index (κ1) is 17.1. The lowest BCUT2D eigenvalue weighted by Gasteiger charge is -2.50. The van der Waals surface area contributed by atoms with Crippen molar-refractivity contribution in [3.05, 3.63) is 36.9 Å². The molecule has 5 rings (SSSR count). The molecule has 4 heterocycles. The van der Waals surface area contributed by atoms with Crippen molar-refractivity contribution < 1.29 is 0 Å². The molecule has 0 unspecified atom stereocenters. The second-order valence-electron chi connectivity index (χ2n) is 8.61. The minimum Gasteiger partial charge on any atom is -0.355 e. The molecular weight excluding hydrogens is 334 g/mol. The zero-order chi connectivity index (χ0) is 18.1. The highest BCUT2D eigenvalue weighted by Gasteiger charge is 2.39. The van der Waals surface area contributed by atoms with Crippen LogP contribution in [0.3, 0.4) is 0 Å².